The summed E-state index contributed by atoms with van der Waals surface area (Å²) in [6.45, 7) is 2.62. The highest BCUT2D eigenvalue weighted by Crippen LogP contribution is 2.15. The molecule has 0 radical (unpaired) electrons. The molecule has 1 aromatic heterocycles. The summed E-state index contributed by atoms with van der Waals surface area (Å²) in [4.78, 5) is 18.8. The van der Waals surface area contributed by atoms with Gasteiger partial charge in [0.25, 0.3) is 5.56 Å². The van der Waals surface area contributed by atoms with Crippen molar-refractivity contribution in [1.29, 1.82) is 0 Å². The summed E-state index contributed by atoms with van der Waals surface area (Å²) in [5, 5.41) is 0. The lowest BCUT2D eigenvalue weighted by Gasteiger charge is -2.04. The van der Waals surface area contributed by atoms with Crippen LogP contribution >= 0.6 is 0 Å². The third-order valence-electron chi connectivity index (χ3n) is 2.72. The molecule has 18 heavy (non-hydrogen) atoms. The van der Waals surface area contributed by atoms with E-state index in [1.54, 1.807) is 0 Å². The average Bonchev–Trinajstić information content (AvgIpc) is 2.36. The van der Waals surface area contributed by atoms with E-state index in [0.29, 0.717) is 12.4 Å². The van der Waals surface area contributed by atoms with E-state index in [9.17, 15) is 4.79 Å². The molecule has 4 nitrogen and oxygen atoms in total. The highest BCUT2D eigenvalue weighted by molar-refractivity contribution is 5.55. The van der Waals surface area contributed by atoms with Gasteiger partial charge in [-0.25, -0.2) is 4.98 Å². The van der Waals surface area contributed by atoms with Crippen molar-refractivity contribution in [2.45, 2.75) is 19.8 Å². The minimum atomic E-state index is -0.117. The van der Waals surface area contributed by atoms with Gasteiger partial charge in [0.15, 0.2) is 0 Å². The topological polar surface area (TPSA) is 71.8 Å². The van der Waals surface area contributed by atoms with Crippen molar-refractivity contribution in [1.82, 2.24) is 9.97 Å². The molecule has 3 N–H and O–H groups in total. The van der Waals surface area contributed by atoms with Crippen LogP contribution in [0.4, 0.5) is 0 Å². The molecule has 0 amide bonds. The van der Waals surface area contributed by atoms with E-state index in [4.69, 9.17) is 5.73 Å². The summed E-state index contributed by atoms with van der Waals surface area (Å²) in [5.74, 6) is 0.623. The smallest absolute Gasteiger partial charge is 0.251 e. The Hall–Kier alpha value is -1.94. The van der Waals surface area contributed by atoms with Crippen molar-refractivity contribution in [2.24, 2.45) is 5.73 Å². The maximum absolute atomic E-state index is 11.6. The first-order chi connectivity index (χ1) is 8.69. The Bertz CT molecular complexity index is 590. The van der Waals surface area contributed by atoms with Gasteiger partial charge in [0.1, 0.15) is 5.82 Å². The van der Waals surface area contributed by atoms with Crippen LogP contribution in [0.15, 0.2) is 35.1 Å². The Morgan fingerprint density at radius 3 is 2.89 bits per heavy atom. The lowest BCUT2D eigenvalue weighted by molar-refractivity contribution is 0.804. The van der Waals surface area contributed by atoms with Crippen LogP contribution in [0.3, 0.4) is 0 Å². The molecule has 4 heteroatoms. The van der Waals surface area contributed by atoms with E-state index in [-0.39, 0.29) is 5.56 Å². The first-order valence-electron chi connectivity index (χ1n) is 6.06. The molecule has 2 rings (SSSR count). The fourth-order valence-corrected chi connectivity index (χ4v) is 1.85. The van der Waals surface area contributed by atoms with Crippen LogP contribution in [-0.2, 0) is 6.42 Å². The number of hydrogen-bond donors (Lipinski definition) is 2. The minimum absolute atomic E-state index is 0.117. The third-order valence-corrected chi connectivity index (χ3v) is 2.72. The maximum atomic E-state index is 11.6. The van der Waals surface area contributed by atoms with E-state index in [1.807, 2.05) is 31.2 Å². The quantitative estimate of drug-likeness (QED) is 0.857. The number of aromatic nitrogens is 2. The SMILES string of the molecule is Cc1cccc(-c2nc(CCCN)cc(=O)[nH]2)c1. The van der Waals surface area contributed by atoms with Crippen LogP contribution < -0.4 is 11.3 Å². The van der Waals surface area contributed by atoms with Crippen molar-refractivity contribution in [2.75, 3.05) is 6.54 Å². The maximum Gasteiger partial charge on any atom is 0.251 e. The van der Waals surface area contributed by atoms with Crippen molar-refractivity contribution in [3.8, 4) is 11.4 Å². The highest BCUT2D eigenvalue weighted by atomic mass is 16.1. The third kappa shape index (κ3) is 3.05. The van der Waals surface area contributed by atoms with Crippen molar-refractivity contribution in [3.05, 3.63) is 51.9 Å². The van der Waals surface area contributed by atoms with Gasteiger partial charge >= 0.3 is 0 Å². The van der Waals surface area contributed by atoms with Crippen LogP contribution in [0, 0.1) is 6.92 Å². The fourth-order valence-electron chi connectivity index (χ4n) is 1.85. The molecule has 0 spiro atoms. The molecule has 0 saturated carbocycles. The lowest BCUT2D eigenvalue weighted by atomic mass is 10.1. The molecule has 0 fully saturated rings. The van der Waals surface area contributed by atoms with Gasteiger partial charge < -0.3 is 10.7 Å². The van der Waals surface area contributed by atoms with E-state index in [1.165, 1.54) is 6.07 Å². The van der Waals surface area contributed by atoms with E-state index in [2.05, 4.69) is 9.97 Å². The second-order valence-corrected chi connectivity index (χ2v) is 4.35. The summed E-state index contributed by atoms with van der Waals surface area (Å²) >= 11 is 0. The Labute approximate surface area is 106 Å². The number of aryl methyl sites for hydroxylation is 2. The molecular weight excluding hydrogens is 226 g/mol. The Morgan fingerprint density at radius 1 is 1.33 bits per heavy atom. The molecule has 2 aromatic rings. The standard InChI is InChI=1S/C14H17N3O/c1-10-4-2-5-11(8-10)14-16-12(6-3-7-15)9-13(18)17-14/h2,4-5,8-9H,3,6-7,15H2,1H3,(H,16,17,18). The van der Waals surface area contributed by atoms with Gasteiger partial charge in [-0.15, -0.1) is 0 Å². The average molecular weight is 243 g/mol. The van der Waals surface area contributed by atoms with Gasteiger partial charge in [-0.3, -0.25) is 4.79 Å². The number of rotatable bonds is 4. The van der Waals surface area contributed by atoms with Crippen molar-refractivity contribution in [3.63, 3.8) is 0 Å². The predicted molar refractivity (Wildman–Crippen MR) is 72.4 cm³/mol. The summed E-state index contributed by atoms with van der Waals surface area (Å²) in [5.41, 5.74) is 8.22. The lowest BCUT2D eigenvalue weighted by Crippen LogP contribution is -2.11. The number of hydrogen-bond acceptors (Lipinski definition) is 3. The molecule has 0 aliphatic heterocycles. The highest BCUT2D eigenvalue weighted by Gasteiger charge is 2.04. The Kier molecular flexibility index (Phi) is 3.89. The normalized spacial score (nSPS) is 10.6. The monoisotopic (exact) mass is 243 g/mol. The minimum Gasteiger partial charge on any atom is -0.330 e. The fraction of sp³-hybridized carbons (Fsp3) is 0.286. The van der Waals surface area contributed by atoms with Gasteiger partial charge in [0, 0.05) is 17.3 Å². The second-order valence-electron chi connectivity index (χ2n) is 4.35. The molecule has 1 heterocycles. The van der Waals surface area contributed by atoms with Crippen molar-refractivity contribution >= 4 is 0 Å². The number of nitrogens with zero attached hydrogens (tertiary/aromatic N) is 1. The van der Waals surface area contributed by atoms with Gasteiger partial charge in [-0.05, 0) is 32.4 Å². The molecule has 94 valence electrons. The summed E-state index contributed by atoms with van der Waals surface area (Å²) in [6.07, 6.45) is 1.57. The molecule has 1 aromatic carbocycles. The zero-order valence-corrected chi connectivity index (χ0v) is 10.4. The predicted octanol–water partition coefficient (Wildman–Crippen LogP) is 1.64. The number of H-pyrrole nitrogens is 1. The molecule has 0 atom stereocenters. The summed E-state index contributed by atoms with van der Waals surface area (Å²) < 4.78 is 0. The zero-order chi connectivity index (χ0) is 13.0. The molecule has 0 unspecified atom stereocenters. The number of benzene rings is 1. The van der Waals surface area contributed by atoms with E-state index >= 15 is 0 Å². The molecular formula is C14H17N3O. The van der Waals surface area contributed by atoms with Gasteiger partial charge in [-0.1, -0.05) is 23.8 Å². The molecule has 0 bridgehead atoms. The summed E-state index contributed by atoms with van der Waals surface area (Å²) in [7, 11) is 0. The van der Waals surface area contributed by atoms with E-state index < -0.39 is 0 Å². The first-order valence-corrected chi connectivity index (χ1v) is 6.06. The Morgan fingerprint density at radius 2 is 2.17 bits per heavy atom. The molecule has 0 aliphatic carbocycles. The summed E-state index contributed by atoms with van der Waals surface area (Å²) in [6, 6.07) is 9.45. The van der Waals surface area contributed by atoms with Crippen molar-refractivity contribution < 1.29 is 0 Å². The largest absolute Gasteiger partial charge is 0.330 e. The zero-order valence-electron chi connectivity index (χ0n) is 10.4. The van der Waals surface area contributed by atoms with Crippen LogP contribution in [-0.4, -0.2) is 16.5 Å². The van der Waals surface area contributed by atoms with Crippen LogP contribution in [0.5, 0.6) is 0 Å². The first kappa shape index (κ1) is 12.5. The number of aromatic amines is 1. The van der Waals surface area contributed by atoms with Gasteiger partial charge in [-0.2, -0.15) is 0 Å². The van der Waals surface area contributed by atoms with E-state index in [0.717, 1.165) is 29.7 Å². The van der Waals surface area contributed by atoms with Gasteiger partial charge in [0.05, 0.1) is 0 Å². The number of nitrogens with two attached hydrogens (primary N) is 1. The van der Waals surface area contributed by atoms with Gasteiger partial charge in [0.2, 0.25) is 0 Å². The van der Waals surface area contributed by atoms with Crippen LogP contribution in [0.2, 0.25) is 0 Å². The second kappa shape index (κ2) is 5.60. The molecule has 0 saturated heterocycles. The van der Waals surface area contributed by atoms with Crippen LogP contribution in [0.25, 0.3) is 11.4 Å². The number of nitrogens with one attached hydrogen (secondary N) is 1. The Balaban J connectivity index is 2.38. The van der Waals surface area contributed by atoms with Crippen LogP contribution in [0.1, 0.15) is 17.7 Å². The molecule has 0 aliphatic rings.